The van der Waals surface area contributed by atoms with Crippen molar-refractivity contribution in [2.45, 2.75) is 9.92 Å². The topological polar surface area (TPSA) is 88.4 Å². The Morgan fingerprint density at radius 2 is 1.75 bits per heavy atom. The van der Waals surface area contributed by atoms with Gasteiger partial charge < -0.3 is 9.29 Å². The number of fused-ring (bicyclic) bond motifs is 1. The summed E-state index contributed by atoms with van der Waals surface area (Å²) in [6, 6.07) is 13.7. The van der Waals surface area contributed by atoms with Crippen LogP contribution in [0.2, 0.25) is 0 Å². The summed E-state index contributed by atoms with van der Waals surface area (Å²) >= 11 is -2.71. The Morgan fingerprint density at radius 3 is 2.33 bits per heavy atom. The number of nitrogens with zero attached hydrogens (tertiary/aromatic N) is 1. The van der Waals surface area contributed by atoms with Crippen LogP contribution >= 0.6 is 0 Å². The SMILES string of the molecule is COc1ccc2cc(S(=O)[O-])n(S(=O)(=O)c3ccccc3)c2c1.[Li+]. The molecule has 9 heteroatoms. The average Bonchev–Trinajstić information content (AvgIpc) is 2.95. The van der Waals surface area contributed by atoms with Crippen LogP contribution in [-0.4, -0.2) is 28.3 Å². The summed E-state index contributed by atoms with van der Waals surface area (Å²) in [6.07, 6.45) is 0. The Kier molecular flexibility index (Phi) is 5.58. The summed E-state index contributed by atoms with van der Waals surface area (Å²) in [4.78, 5) is 0.00650. The average molecular weight is 357 g/mol. The molecule has 0 saturated heterocycles. The van der Waals surface area contributed by atoms with Gasteiger partial charge in [0.05, 0.1) is 17.5 Å². The van der Waals surface area contributed by atoms with E-state index in [0.29, 0.717) is 11.1 Å². The van der Waals surface area contributed by atoms with Gasteiger partial charge in [-0.15, -0.1) is 0 Å². The summed E-state index contributed by atoms with van der Waals surface area (Å²) in [6.45, 7) is 0. The standard InChI is InChI=1S/C15H13NO5S2.Li/c1-21-12-8-7-11-9-15(22(17)18)16(14(11)10-12)23(19,20)13-5-3-2-4-6-13;/h2-10H,1H3,(H,17,18);/q;+1/p-1. The quantitative estimate of drug-likeness (QED) is 0.447. The molecule has 1 aromatic heterocycles. The third-order valence-corrected chi connectivity index (χ3v) is 5.89. The molecule has 0 fully saturated rings. The van der Waals surface area contributed by atoms with E-state index in [9.17, 15) is 17.2 Å². The van der Waals surface area contributed by atoms with Gasteiger partial charge in [-0.05, 0) is 41.4 Å². The first-order valence-corrected chi connectivity index (χ1v) is 9.06. The second kappa shape index (κ2) is 7.13. The number of rotatable bonds is 4. The van der Waals surface area contributed by atoms with Crippen molar-refractivity contribution >= 4 is 32.0 Å². The van der Waals surface area contributed by atoms with Crippen molar-refractivity contribution in [1.82, 2.24) is 3.97 Å². The molecule has 24 heavy (non-hydrogen) atoms. The Bertz CT molecular complexity index is 999. The van der Waals surface area contributed by atoms with E-state index >= 15 is 0 Å². The third-order valence-electron chi connectivity index (χ3n) is 3.39. The van der Waals surface area contributed by atoms with Crippen LogP contribution in [0.25, 0.3) is 10.9 Å². The van der Waals surface area contributed by atoms with Gasteiger partial charge >= 0.3 is 18.9 Å². The number of ether oxygens (including phenoxy) is 1. The Labute approximate surface area is 154 Å². The molecule has 1 unspecified atom stereocenters. The monoisotopic (exact) mass is 357 g/mol. The van der Waals surface area contributed by atoms with Crippen LogP contribution in [0.5, 0.6) is 5.75 Å². The maximum atomic E-state index is 12.9. The maximum Gasteiger partial charge on any atom is 1.00 e. The minimum Gasteiger partial charge on any atom is -0.767 e. The fourth-order valence-corrected chi connectivity index (χ4v) is 4.67. The Balaban J connectivity index is 0.00000208. The predicted octanol–water partition coefficient (Wildman–Crippen LogP) is -0.871. The largest absolute Gasteiger partial charge is 1.00 e. The molecule has 0 aliphatic heterocycles. The maximum absolute atomic E-state index is 12.9. The van der Waals surface area contributed by atoms with E-state index in [0.717, 1.165) is 3.97 Å². The fourth-order valence-electron chi connectivity index (χ4n) is 2.32. The van der Waals surface area contributed by atoms with Gasteiger partial charge in [0.1, 0.15) is 10.8 Å². The molecule has 1 heterocycles. The van der Waals surface area contributed by atoms with E-state index in [4.69, 9.17) is 4.74 Å². The predicted molar refractivity (Wildman–Crippen MR) is 84.7 cm³/mol. The Morgan fingerprint density at radius 1 is 1.08 bits per heavy atom. The van der Waals surface area contributed by atoms with Gasteiger partial charge in [0.15, 0.2) is 0 Å². The number of methoxy groups -OCH3 is 1. The molecular weight excluding hydrogens is 345 g/mol. The molecule has 0 amide bonds. The molecule has 3 rings (SSSR count). The van der Waals surface area contributed by atoms with E-state index in [2.05, 4.69) is 0 Å². The number of aromatic nitrogens is 1. The van der Waals surface area contributed by atoms with Crippen LogP contribution in [0.4, 0.5) is 0 Å². The summed E-state index contributed by atoms with van der Waals surface area (Å²) in [5.74, 6) is 0.434. The van der Waals surface area contributed by atoms with Crippen LogP contribution in [0.1, 0.15) is 0 Å². The number of hydrogen-bond acceptors (Lipinski definition) is 5. The molecule has 0 saturated carbocycles. The third kappa shape index (κ3) is 3.16. The number of benzene rings is 2. The molecule has 3 aromatic rings. The fraction of sp³-hybridized carbons (Fsp3) is 0.0667. The van der Waals surface area contributed by atoms with Gasteiger partial charge in [-0.1, -0.05) is 18.2 Å². The van der Waals surface area contributed by atoms with Crippen molar-refractivity contribution in [2.75, 3.05) is 7.11 Å². The first kappa shape index (κ1) is 18.8. The second-order valence-electron chi connectivity index (χ2n) is 4.72. The summed E-state index contributed by atoms with van der Waals surface area (Å²) in [7, 11) is -2.60. The molecule has 0 spiro atoms. The normalized spacial score (nSPS) is 12.6. The van der Waals surface area contributed by atoms with Crippen molar-refractivity contribution in [3.8, 4) is 5.75 Å². The zero-order valence-corrected chi connectivity index (χ0v) is 14.6. The van der Waals surface area contributed by atoms with Gasteiger partial charge in [-0.2, -0.15) is 0 Å². The van der Waals surface area contributed by atoms with Gasteiger partial charge in [0.2, 0.25) is 0 Å². The van der Waals surface area contributed by atoms with Crippen LogP contribution < -0.4 is 23.6 Å². The minimum absolute atomic E-state index is 0. The van der Waals surface area contributed by atoms with Crippen molar-refractivity contribution < 1.29 is 40.8 Å². The molecule has 120 valence electrons. The van der Waals surface area contributed by atoms with Gasteiger partial charge in [0, 0.05) is 11.5 Å². The molecule has 2 aromatic carbocycles. The molecule has 0 aliphatic carbocycles. The Hall–Kier alpha value is -1.56. The first-order valence-electron chi connectivity index (χ1n) is 6.54. The second-order valence-corrected chi connectivity index (χ2v) is 7.40. The molecule has 6 nitrogen and oxygen atoms in total. The minimum atomic E-state index is -4.05. The van der Waals surface area contributed by atoms with Crippen molar-refractivity contribution in [3.63, 3.8) is 0 Å². The molecule has 1 atom stereocenters. The van der Waals surface area contributed by atoms with Crippen LogP contribution in [-0.2, 0) is 21.1 Å². The van der Waals surface area contributed by atoms with Crippen molar-refractivity contribution in [3.05, 3.63) is 54.6 Å². The van der Waals surface area contributed by atoms with Crippen LogP contribution in [0.15, 0.2) is 64.5 Å². The smallest absolute Gasteiger partial charge is 0.767 e. The van der Waals surface area contributed by atoms with Gasteiger partial charge in [-0.25, -0.2) is 12.4 Å². The zero-order chi connectivity index (χ0) is 16.6. The summed E-state index contributed by atoms with van der Waals surface area (Å²) in [5, 5.41) is 0.168. The number of hydrogen-bond donors (Lipinski definition) is 0. The molecular formula is C15H12LiNO5S2. The molecule has 0 bridgehead atoms. The molecule has 0 radical (unpaired) electrons. The summed E-state index contributed by atoms with van der Waals surface area (Å²) in [5.41, 5.74) is 0.243. The molecule has 0 N–H and O–H groups in total. The van der Waals surface area contributed by atoms with E-state index in [-0.39, 0.29) is 34.3 Å². The summed E-state index contributed by atoms with van der Waals surface area (Å²) < 4.78 is 54.7. The first-order chi connectivity index (χ1) is 10.9. The van der Waals surface area contributed by atoms with Crippen LogP contribution in [0.3, 0.4) is 0 Å². The van der Waals surface area contributed by atoms with E-state index in [1.165, 1.54) is 31.4 Å². The van der Waals surface area contributed by atoms with E-state index in [1.807, 2.05) is 0 Å². The van der Waals surface area contributed by atoms with Crippen LogP contribution in [0, 0.1) is 0 Å². The van der Waals surface area contributed by atoms with Crippen molar-refractivity contribution in [1.29, 1.82) is 0 Å². The van der Waals surface area contributed by atoms with Gasteiger partial charge in [0.25, 0.3) is 10.0 Å². The molecule has 0 aliphatic rings. The van der Waals surface area contributed by atoms with Gasteiger partial charge in [-0.3, -0.25) is 4.21 Å². The van der Waals surface area contributed by atoms with E-state index in [1.54, 1.807) is 30.3 Å². The van der Waals surface area contributed by atoms with E-state index < -0.39 is 21.1 Å². The zero-order valence-electron chi connectivity index (χ0n) is 13.0. The van der Waals surface area contributed by atoms with Crippen molar-refractivity contribution in [2.24, 2.45) is 0 Å².